The fourth-order valence-corrected chi connectivity index (χ4v) is 2.31. The fraction of sp³-hybridized carbons (Fsp3) is 0. The smallest absolute Gasteiger partial charge is 0.258 e. The second-order valence-electron chi connectivity index (χ2n) is 4.55. The van der Waals surface area contributed by atoms with Crippen molar-refractivity contribution in [3.63, 3.8) is 0 Å². The number of hydrogen-bond donors (Lipinski definition) is 0. The highest BCUT2D eigenvalue weighted by Gasteiger charge is 2.16. The zero-order valence-corrected chi connectivity index (χ0v) is 12.1. The van der Waals surface area contributed by atoms with Crippen LogP contribution in [0.3, 0.4) is 0 Å². The van der Waals surface area contributed by atoms with Crippen molar-refractivity contribution in [3.8, 4) is 22.6 Å². The first-order valence-corrected chi connectivity index (χ1v) is 6.86. The molecule has 6 heteroatoms. The third-order valence-corrected chi connectivity index (χ3v) is 3.35. The van der Waals surface area contributed by atoms with Gasteiger partial charge in [-0.15, -0.1) is 0 Å². The number of nitro groups is 1. The maximum Gasteiger partial charge on any atom is 0.280 e. The number of nitro benzene ring substituents is 1. The average Bonchev–Trinajstić information content (AvgIpc) is 2.55. The van der Waals surface area contributed by atoms with Crippen LogP contribution in [0.2, 0.25) is 5.02 Å². The molecule has 0 bridgehead atoms. The van der Waals surface area contributed by atoms with Crippen LogP contribution in [0.4, 0.5) is 5.69 Å². The van der Waals surface area contributed by atoms with E-state index < -0.39 is 4.92 Å². The summed E-state index contributed by atoms with van der Waals surface area (Å²) in [6, 6.07) is 15.4. The Labute approximate surface area is 131 Å². The monoisotopic (exact) mass is 311 g/mol. The summed E-state index contributed by atoms with van der Waals surface area (Å²) in [7, 11) is 0. The lowest BCUT2D eigenvalue weighted by Gasteiger charge is -2.05. The van der Waals surface area contributed by atoms with Gasteiger partial charge in [-0.05, 0) is 24.3 Å². The molecule has 22 heavy (non-hydrogen) atoms. The first kappa shape index (κ1) is 14.2. The predicted molar refractivity (Wildman–Crippen MR) is 84.6 cm³/mol. The molecule has 0 fully saturated rings. The van der Waals surface area contributed by atoms with Gasteiger partial charge in [0.25, 0.3) is 5.69 Å². The third-order valence-electron chi connectivity index (χ3n) is 3.12. The van der Waals surface area contributed by atoms with Crippen molar-refractivity contribution in [2.24, 2.45) is 0 Å². The number of halogens is 1. The van der Waals surface area contributed by atoms with Crippen LogP contribution < -0.4 is 0 Å². The second-order valence-corrected chi connectivity index (χ2v) is 4.99. The summed E-state index contributed by atoms with van der Waals surface area (Å²) in [6.07, 6.45) is 1.58. The standard InChI is InChI=1S/C16H10ClN3O2/c17-12-5-3-4-11(10-12)14-8-9-18-16(19-14)13-6-1-2-7-15(13)20(21)22/h1-10H. The van der Waals surface area contributed by atoms with E-state index in [4.69, 9.17) is 11.6 Å². The SMILES string of the molecule is O=[N+]([O-])c1ccccc1-c1nccc(-c2cccc(Cl)c2)n1. The van der Waals surface area contributed by atoms with Crippen LogP contribution in [-0.4, -0.2) is 14.9 Å². The maximum atomic E-state index is 11.1. The highest BCUT2D eigenvalue weighted by atomic mass is 35.5. The van der Waals surface area contributed by atoms with E-state index >= 15 is 0 Å². The van der Waals surface area contributed by atoms with Gasteiger partial charge in [0.15, 0.2) is 5.82 Å². The van der Waals surface area contributed by atoms with Gasteiger partial charge in [0.05, 0.1) is 16.2 Å². The number of hydrogen-bond acceptors (Lipinski definition) is 4. The van der Waals surface area contributed by atoms with Crippen molar-refractivity contribution in [3.05, 3.63) is 75.9 Å². The lowest BCUT2D eigenvalue weighted by Crippen LogP contribution is -1.96. The van der Waals surface area contributed by atoms with Gasteiger partial charge in [0.1, 0.15) is 0 Å². The minimum atomic E-state index is -0.440. The minimum absolute atomic E-state index is 0.0225. The molecule has 108 valence electrons. The van der Waals surface area contributed by atoms with Crippen molar-refractivity contribution in [2.45, 2.75) is 0 Å². The Bertz CT molecular complexity index is 852. The highest BCUT2D eigenvalue weighted by Crippen LogP contribution is 2.28. The molecule has 1 heterocycles. The Hall–Kier alpha value is -2.79. The van der Waals surface area contributed by atoms with Crippen LogP contribution in [0, 0.1) is 10.1 Å². The van der Waals surface area contributed by atoms with Gasteiger partial charge < -0.3 is 0 Å². The van der Waals surface area contributed by atoms with Gasteiger partial charge in [-0.1, -0.05) is 35.9 Å². The molecule has 3 aromatic rings. The molecule has 2 aromatic carbocycles. The lowest BCUT2D eigenvalue weighted by molar-refractivity contribution is -0.384. The quantitative estimate of drug-likeness (QED) is 0.532. The van der Waals surface area contributed by atoms with Gasteiger partial charge in [-0.3, -0.25) is 10.1 Å². The largest absolute Gasteiger partial charge is 0.280 e. The van der Waals surface area contributed by atoms with Crippen LogP contribution >= 0.6 is 11.6 Å². The molecular formula is C16H10ClN3O2. The first-order chi connectivity index (χ1) is 10.6. The van der Waals surface area contributed by atoms with Crippen molar-refractivity contribution in [2.75, 3.05) is 0 Å². The molecule has 0 aliphatic heterocycles. The van der Waals surface area contributed by atoms with Crippen LogP contribution in [-0.2, 0) is 0 Å². The Balaban J connectivity index is 2.11. The lowest BCUT2D eigenvalue weighted by atomic mass is 10.1. The zero-order valence-electron chi connectivity index (χ0n) is 11.3. The van der Waals surface area contributed by atoms with E-state index in [0.29, 0.717) is 22.1 Å². The Morgan fingerprint density at radius 2 is 1.86 bits per heavy atom. The normalized spacial score (nSPS) is 10.4. The summed E-state index contributed by atoms with van der Waals surface area (Å²) in [4.78, 5) is 19.3. The molecule has 0 saturated carbocycles. The van der Waals surface area contributed by atoms with Crippen LogP contribution in [0.5, 0.6) is 0 Å². The van der Waals surface area contributed by atoms with E-state index in [2.05, 4.69) is 9.97 Å². The molecule has 0 saturated heterocycles. The van der Waals surface area contributed by atoms with Crippen molar-refractivity contribution in [1.29, 1.82) is 0 Å². The Kier molecular flexibility index (Phi) is 3.80. The molecule has 0 aliphatic carbocycles. The molecule has 0 amide bonds. The molecule has 3 rings (SSSR count). The summed E-state index contributed by atoms with van der Waals surface area (Å²) >= 11 is 5.99. The van der Waals surface area contributed by atoms with E-state index in [9.17, 15) is 10.1 Å². The molecular weight excluding hydrogens is 302 g/mol. The summed E-state index contributed by atoms with van der Waals surface area (Å²) < 4.78 is 0. The van der Waals surface area contributed by atoms with Gasteiger partial charge >= 0.3 is 0 Å². The van der Waals surface area contributed by atoms with Gasteiger partial charge in [0, 0.05) is 22.8 Å². The Morgan fingerprint density at radius 1 is 1.05 bits per heavy atom. The molecule has 0 aliphatic rings. The first-order valence-electron chi connectivity index (χ1n) is 6.48. The van der Waals surface area contributed by atoms with Crippen molar-refractivity contribution in [1.82, 2.24) is 9.97 Å². The van der Waals surface area contributed by atoms with Crippen molar-refractivity contribution >= 4 is 17.3 Å². The molecule has 0 unspecified atom stereocenters. The topological polar surface area (TPSA) is 68.9 Å². The van der Waals surface area contributed by atoms with E-state index in [1.807, 2.05) is 12.1 Å². The number of aromatic nitrogens is 2. The zero-order chi connectivity index (χ0) is 15.5. The summed E-state index contributed by atoms with van der Waals surface area (Å²) in [5.74, 6) is 0.310. The number of nitrogens with zero attached hydrogens (tertiary/aromatic N) is 3. The number of benzene rings is 2. The van der Waals surface area contributed by atoms with E-state index in [0.717, 1.165) is 5.56 Å². The van der Waals surface area contributed by atoms with E-state index in [1.165, 1.54) is 6.07 Å². The Morgan fingerprint density at radius 3 is 2.64 bits per heavy atom. The third kappa shape index (κ3) is 2.80. The molecule has 0 N–H and O–H groups in total. The highest BCUT2D eigenvalue weighted by molar-refractivity contribution is 6.30. The second kappa shape index (κ2) is 5.91. The van der Waals surface area contributed by atoms with Gasteiger partial charge in [0.2, 0.25) is 0 Å². The number of para-hydroxylation sites is 1. The molecule has 0 atom stereocenters. The van der Waals surface area contributed by atoms with E-state index in [1.54, 1.807) is 42.6 Å². The molecule has 0 radical (unpaired) electrons. The van der Waals surface area contributed by atoms with Gasteiger partial charge in [-0.25, -0.2) is 9.97 Å². The molecule has 5 nitrogen and oxygen atoms in total. The summed E-state index contributed by atoms with van der Waals surface area (Å²) in [5, 5.41) is 11.7. The van der Waals surface area contributed by atoms with E-state index in [-0.39, 0.29) is 5.69 Å². The van der Waals surface area contributed by atoms with Crippen molar-refractivity contribution < 1.29 is 4.92 Å². The van der Waals surface area contributed by atoms with Crippen LogP contribution in [0.1, 0.15) is 0 Å². The predicted octanol–water partition coefficient (Wildman–Crippen LogP) is 4.37. The fourth-order valence-electron chi connectivity index (χ4n) is 2.12. The van der Waals surface area contributed by atoms with Gasteiger partial charge in [-0.2, -0.15) is 0 Å². The molecule has 1 aromatic heterocycles. The summed E-state index contributed by atoms with van der Waals surface area (Å²) in [6.45, 7) is 0. The summed E-state index contributed by atoms with van der Waals surface area (Å²) in [5.41, 5.74) is 1.85. The average molecular weight is 312 g/mol. The molecule has 0 spiro atoms. The maximum absolute atomic E-state index is 11.1. The minimum Gasteiger partial charge on any atom is -0.258 e. The number of rotatable bonds is 3. The van der Waals surface area contributed by atoms with Crippen LogP contribution in [0.15, 0.2) is 60.8 Å². The van der Waals surface area contributed by atoms with Crippen LogP contribution in [0.25, 0.3) is 22.6 Å².